The lowest BCUT2D eigenvalue weighted by Crippen LogP contribution is -2.17. The molecule has 19 heavy (non-hydrogen) atoms. The lowest BCUT2D eigenvalue weighted by molar-refractivity contribution is -0.274. The molecule has 0 aliphatic carbocycles. The fourth-order valence-corrected chi connectivity index (χ4v) is 1.75. The van der Waals surface area contributed by atoms with Crippen molar-refractivity contribution in [3.05, 3.63) is 28.5 Å². The molecule has 100 valence electrons. The largest absolute Gasteiger partial charge is 0.573 e. The number of aryl methyl sites for hydroxylation is 1. The van der Waals surface area contributed by atoms with Crippen LogP contribution in [-0.4, -0.2) is 26.8 Å². The minimum Gasteiger partial charge on any atom is -0.406 e. The van der Waals surface area contributed by atoms with Crippen LogP contribution < -0.4 is 4.74 Å². The SMILES string of the molecule is Cc1nnc(-c2cc(Br)cc(OC(F)(F)F)c2)nn1. The summed E-state index contributed by atoms with van der Waals surface area (Å²) in [5.41, 5.74) is 0.314. The van der Waals surface area contributed by atoms with Crippen molar-refractivity contribution in [2.75, 3.05) is 0 Å². The monoisotopic (exact) mass is 334 g/mol. The number of hydrogen-bond donors (Lipinski definition) is 0. The van der Waals surface area contributed by atoms with Crippen molar-refractivity contribution in [3.63, 3.8) is 0 Å². The molecule has 0 aliphatic heterocycles. The van der Waals surface area contributed by atoms with E-state index < -0.39 is 6.36 Å². The van der Waals surface area contributed by atoms with E-state index in [2.05, 4.69) is 41.1 Å². The first-order valence-corrected chi connectivity index (χ1v) is 5.73. The Morgan fingerprint density at radius 3 is 2.26 bits per heavy atom. The Kier molecular flexibility index (Phi) is 3.65. The van der Waals surface area contributed by atoms with Gasteiger partial charge in [-0.3, -0.25) is 0 Å². The molecule has 0 atom stereocenters. The Balaban J connectivity index is 2.39. The number of nitrogens with zero attached hydrogens (tertiary/aromatic N) is 4. The van der Waals surface area contributed by atoms with Crippen molar-refractivity contribution in [1.29, 1.82) is 0 Å². The molecule has 0 N–H and O–H groups in total. The zero-order valence-electron chi connectivity index (χ0n) is 9.44. The van der Waals surface area contributed by atoms with Gasteiger partial charge < -0.3 is 4.74 Å². The van der Waals surface area contributed by atoms with E-state index >= 15 is 0 Å². The van der Waals surface area contributed by atoms with E-state index in [1.54, 1.807) is 6.92 Å². The van der Waals surface area contributed by atoms with E-state index in [0.717, 1.165) is 6.07 Å². The fraction of sp³-hybridized carbons (Fsp3) is 0.200. The summed E-state index contributed by atoms with van der Waals surface area (Å²) in [6.45, 7) is 1.60. The molecule has 0 saturated heterocycles. The third kappa shape index (κ3) is 3.85. The van der Waals surface area contributed by atoms with Crippen LogP contribution in [0.3, 0.4) is 0 Å². The summed E-state index contributed by atoms with van der Waals surface area (Å²) in [4.78, 5) is 0. The van der Waals surface area contributed by atoms with Crippen molar-refractivity contribution in [2.24, 2.45) is 0 Å². The third-order valence-electron chi connectivity index (χ3n) is 1.94. The summed E-state index contributed by atoms with van der Waals surface area (Å²) in [7, 11) is 0. The van der Waals surface area contributed by atoms with Gasteiger partial charge in [0.25, 0.3) is 0 Å². The molecule has 2 rings (SSSR count). The van der Waals surface area contributed by atoms with Gasteiger partial charge in [-0.25, -0.2) is 0 Å². The molecule has 1 heterocycles. The lowest BCUT2D eigenvalue weighted by Gasteiger charge is -2.10. The zero-order chi connectivity index (χ0) is 14.0. The first-order chi connectivity index (χ1) is 8.83. The molecule has 0 unspecified atom stereocenters. The summed E-state index contributed by atoms with van der Waals surface area (Å²) in [5.74, 6) is 0.102. The number of rotatable bonds is 2. The van der Waals surface area contributed by atoms with E-state index in [1.807, 2.05) is 0 Å². The van der Waals surface area contributed by atoms with E-state index in [-0.39, 0.29) is 11.6 Å². The van der Waals surface area contributed by atoms with Crippen LogP contribution in [-0.2, 0) is 0 Å². The Labute approximate surface area is 114 Å². The van der Waals surface area contributed by atoms with Crippen molar-refractivity contribution >= 4 is 15.9 Å². The van der Waals surface area contributed by atoms with Gasteiger partial charge in [0.15, 0.2) is 5.82 Å². The van der Waals surface area contributed by atoms with E-state index in [4.69, 9.17) is 0 Å². The standard InChI is InChI=1S/C10H6BrF3N4O/c1-5-15-17-9(18-16-5)6-2-7(11)4-8(3-6)19-10(12,13)14/h2-4H,1H3. The van der Waals surface area contributed by atoms with Crippen LogP contribution in [0.4, 0.5) is 13.2 Å². The highest BCUT2D eigenvalue weighted by Crippen LogP contribution is 2.30. The van der Waals surface area contributed by atoms with Crippen molar-refractivity contribution < 1.29 is 17.9 Å². The number of alkyl halides is 3. The molecule has 0 spiro atoms. The number of hydrogen-bond acceptors (Lipinski definition) is 5. The first kappa shape index (κ1) is 13.7. The highest BCUT2D eigenvalue weighted by Gasteiger charge is 2.31. The average Bonchev–Trinajstić information content (AvgIpc) is 2.26. The molecule has 0 fully saturated rings. The molecule has 2 aromatic rings. The zero-order valence-corrected chi connectivity index (χ0v) is 11.0. The van der Waals surface area contributed by atoms with Gasteiger partial charge in [0, 0.05) is 10.0 Å². The topological polar surface area (TPSA) is 60.8 Å². The molecule has 0 aliphatic rings. The number of halogens is 4. The van der Waals surface area contributed by atoms with Crippen molar-refractivity contribution in [2.45, 2.75) is 13.3 Å². The van der Waals surface area contributed by atoms with Gasteiger partial charge in [-0.05, 0) is 25.1 Å². The lowest BCUT2D eigenvalue weighted by atomic mass is 10.2. The fourth-order valence-electron chi connectivity index (χ4n) is 1.28. The highest BCUT2D eigenvalue weighted by molar-refractivity contribution is 9.10. The van der Waals surface area contributed by atoms with E-state index in [0.29, 0.717) is 15.9 Å². The third-order valence-corrected chi connectivity index (χ3v) is 2.40. The highest BCUT2D eigenvalue weighted by atomic mass is 79.9. The summed E-state index contributed by atoms with van der Waals surface area (Å²) in [5, 5.41) is 14.9. The number of aromatic nitrogens is 4. The van der Waals surface area contributed by atoms with Crippen molar-refractivity contribution in [1.82, 2.24) is 20.4 Å². The second kappa shape index (κ2) is 5.08. The van der Waals surface area contributed by atoms with Gasteiger partial charge in [0.2, 0.25) is 5.82 Å². The summed E-state index contributed by atoms with van der Waals surface area (Å²) in [6, 6.07) is 3.88. The molecule has 1 aromatic carbocycles. The van der Waals surface area contributed by atoms with Crippen LogP contribution in [0.2, 0.25) is 0 Å². The molecule has 1 aromatic heterocycles. The van der Waals surface area contributed by atoms with Gasteiger partial charge in [-0.2, -0.15) is 0 Å². The molecule has 0 radical (unpaired) electrons. The van der Waals surface area contributed by atoms with Gasteiger partial charge >= 0.3 is 6.36 Å². The maximum Gasteiger partial charge on any atom is 0.573 e. The predicted octanol–water partition coefficient (Wildman–Crippen LogP) is 2.90. The molecule has 5 nitrogen and oxygen atoms in total. The van der Waals surface area contributed by atoms with Crippen LogP contribution in [0.5, 0.6) is 5.75 Å². The van der Waals surface area contributed by atoms with Crippen LogP contribution >= 0.6 is 15.9 Å². The predicted molar refractivity (Wildman–Crippen MR) is 62.2 cm³/mol. The maximum atomic E-state index is 12.2. The van der Waals surface area contributed by atoms with E-state index in [9.17, 15) is 13.2 Å². The molecular weight excluding hydrogens is 329 g/mol. The summed E-state index contributed by atoms with van der Waals surface area (Å²) < 4.78 is 40.7. The average molecular weight is 335 g/mol. The number of benzene rings is 1. The van der Waals surface area contributed by atoms with Gasteiger partial charge in [-0.15, -0.1) is 33.6 Å². The molecule has 0 bridgehead atoms. The van der Waals surface area contributed by atoms with Crippen molar-refractivity contribution in [3.8, 4) is 17.1 Å². The quantitative estimate of drug-likeness (QED) is 0.845. The van der Waals surface area contributed by atoms with Gasteiger partial charge in [0.1, 0.15) is 5.75 Å². The van der Waals surface area contributed by atoms with Gasteiger partial charge in [-0.1, -0.05) is 15.9 Å². The maximum absolute atomic E-state index is 12.2. The Morgan fingerprint density at radius 2 is 1.68 bits per heavy atom. The number of ether oxygens (including phenoxy) is 1. The second-order valence-electron chi connectivity index (χ2n) is 3.49. The summed E-state index contributed by atoms with van der Waals surface area (Å²) >= 11 is 3.09. The second-order valence-corrected chi connectivity index (χ2v) is 4.41. The van der Waals surface area contributed by atoms with Crippen LogP contribution in [0.1, 0.15) is 5.82 Å². The minimum absolute atomic E-state index is 0.110. The Bertz CT molecular complexity index is 588. The van der Waals surface area contributed by atoms with Gasteiger partial charge in [0.05, 0.1) is 0 Å². The molecule has 9 heteroatoms. The minimum atomic E-state index is -4.76. The molecule has 0 saturated carbocycles. The normalized spacial score (nSPS) is 11.4. The Morgan fingerprint density at radius 1 is 1.05 bits per heavy atom. The molecule has 0 amide bonds. The van der Waals surface area contributed by atoms with Crippen LogP contribution in [0.25, 0.3) is 11.4 Å². The Hall–Kier alpha value is -1.77. The molecular formula is C10H6BrF3N4O. The summed E-state index contributed by atoms with van der Waals surface area (Å²) in [6.07, 6.45) is -4.76. The van der Waals surface area contributed by atoms with E-state index in [1.165, 1.54) is 12.1 Å². The van der Waals surface area contributed by atoms with Crippen LogP contribution in [0.15, 0.2) is 22.7 Å². The first-order valence-electron chi connectivity index (χ1n) is 4.94. The smallest absolute Gasteiger partial charge is 0.406 e. The van der Waals surface area contributed by atoms with Crippen LogP contribution in [0, 0.1) is 6.92 Å².